The lowest BCUT2D eigenvalue weighted by Gasteiger charge is -2.16. The van der Waals surface area contributed by atoms with Crippen LogP contribution >= 0.6 is 0 Å². The van der Waals surface area contributed by atoms with Crippen LogP contribution in [0.2, 0.25) is 0 Å². The molecule has 2 atom stereocenters. The van der Waals surface area contributed by atoms with E-state index in [1.165, 1.54) is 0 Å². The van der Waals surface area contributed by atoms with Gasteiger partial charge >= 0.3 is 5.97 Å². The molecule has 1 aromatic carbocycles. The summed E-state index contributed by atoms with van der Waals surface area (Å²) in [6.45, 7) is 0. The summed E-state index contributed by atoms with van der Waals surface area (Å²) < 4.78 is 26.7. The number of aromatic carboxylic acids is 1. The molecule has 0 bridgehead atoms. The summed E-state index contributed by atoms with van der Waals surface area (Å²) in [6, 6.07) is 0.722. The van der Waals surface area contributed by atoms with E-state index in [1.807, 2.05) is 0 Å². The second kappa shape index (κ2) is 5.07. The minimum atomic E-state index is -2.13. The van der Waals surface area contributed by atoms with E-state index in [4.69, 9.17) is 10.2 Å². The molecule has 0 aliphatic carbocycles. The highest BCUT2D eigenvalue weighted by Crippen LogP contribution is 2.23. The summed E-state index contributed by atoms with van der Waals surface area (Å²) in [5, 5.41) is 27.0. The number of aliphatic hydroxyl groups is 2. The van der Waals surface area contributed by atoms with E-state index in [2.05, 4.69) is 5.73 Å². The van der Waals surface area contributed by atoms with Gasteiger partial charge in [0, 0.05) is 5.56 Å². The van der Waals surface area contributed by atoms with Gasteiger partial charge in [0.05, 0.1) is 5.56 Å². The van der Waals surface area contributed by atoms with Crippen molar-refractivity contribution in [1.29, 1.82) is 0 Å². The fourth-order valence-electron chi connectivity index (χ4n) is 1.28. The van der Waals surface area contributed by atoms with Crippen molar-refractivity contribution < 1.29 is 33.7 Å². The molecule has 0 saturated heterocycles. The summed E-state index contributed by atoms with van der Waals surface area (Å²) in [6.07, 6.45) is -4.21. The second-order valence-corrected chi connectivity index (χ2v) is 3.45. The molecule has 0 aliphatic rings. The van der Waals surface area contributed by atoms with E-state index in [9.17, 15) is 23.5 Å². The number of hydrogen-bond acceptors (Lipinski definition) is 4. The van der Waals surface area contributed by atoms with Gasteiger partial charge < -0.3 is 21.1 Å². The fraction of sp³-hybridized carbons (Fsp3) is 0.200. The zero-order valence-electron chi connectivity index (χ0n) is 8.80. The van der Waals surface area contributed by atoms with Crippen LogP contribution in [0, 0.1) is 11.6 Å². The Bertz CT molecular complexity index is 505. The quantitative estimate of drug-likeness (QED) is 0.584. The Kier molecular flexibility index (Phi) is 3.94. The number of carbonyl (C=O) groups is 2. The Hall–Kier alpha value is -2.06. The molecular weight excluding hydrogens is 252 g/mol. The monoisotopic (exact) mass is 261 g/mol. The smallest absolute Gasteiger partial charge is 0.338 e. The fourth-order valence-corrected chi connectivity index (χ4v) is 1.28. The maximum absolute atomic E-state index is 13.4. The molecule has 1 amide bonds. The summed E-state index contributed by atoms with van der Waals surface area (Å²) in [5.41, 5.74) is 2.99. The molecule has 5 N–H and O–H groups in total. The van der Waals surface area contributed by atoms with Gasteiger partial charge in [0.25, 0.3) is 0 Å². The molecule has 0 radical (unpaired) electrons. The standard InChI is InChI=1S/C10H9F2NO5/c11-5-2-4(10(17)18)6(12)1-3(5)7(14)8(15)9(13)16/h1-2,7-8,14-15H,(H2,13,16)(H,17,18). The molecule has 6 nitrogen and oxygen atoms in total. The summed E-state index contributed by atoms with van der Waals surface area (Å²) in [4.78, 5) is 21.1. The molecule has 1 rings (SSSR count). The van der Waals surface area contributed by atoms with Crippen molar-refractivity contribution in [2.45, 2.75) is 12.2 Å². The number of carboxylic acids is 1. The molecule has 0 spiro atoms. The number of hydrogen-bond donors (Lipinski definition) is 4. The predicted molar refractivity (Wildman–Crippen MR) is 53.5 cm³/mol. The van der Waals surface area contributed by atoms with Gasteiger partial charge in [-0.25, -0.2) is 13.6 Å². The van der Waals surface area contributed by atoms with Gasteiger partial charge in [0.2, 0.25) is 5.91 Å². The Morgan fingerprint density at radius 2 is 1.72 bits per heavy atom. The molecule has 18 heavy (non-hydrogen) atoms. The Labute approximate surface area is 99.3 Å². The molecule has 1 aromatic rings. The van der Waals surface area contributed by atoms with Crippen molar-refractivity contribution in [3.05, 3.63) is 34.9 Å². The normalized spacial score (nSPS) is 14.0. The van der Waals surface area contributed by atoms with E-state index in [1.54, 1.807) is 0 Å². The van der Waals surface area contributed by atoms with Crippen LogP contribution in [0.25, 0.3) is 0 Å². The van der Waals surface area contributed by atoms with Crippen molar-refractivity contribution in [2.24, 2.45) is 5.73 Å². The largest absolute Gasteiger partial charge is 0.478 e. The van der Waals surface area contributed by atoms with Crippen molar-refractivity contribution >= 4 is 11.9 Å². The van der Waals surface area contributed by atoms with Crippen molar-refractivity contribution in [3.63, 3.8) is 0 Å². The first-order chi connectivity index (χ1) is 8.25. The van der Waals surface area contributed by atoms with Crippen molar-refractivity contribution in [3.8, 4) is 0 Å². The van der Waals surface area contributed by atoms with Gasteiger partial charge in [-0.05, 0) is 12.1 Å². The number of halogens is 2. The highest BCUT2D eigenvalue weighted by Gasteiger charge is 2.28. The molecule has 0 heterocycles. The average molecular weight is 261 g/mol. The van der Waals surface area contributed by atoms with Crippen LogP contribution in [-0.2, 0) is 4.79 Å². The first-order valence-electron chi connectivity index (χ1n) is 4.63. The first kappa shape index (κ1) is 14.0. The Balaban J connectivity index is 3.23. The zero-order valence-corrected chi connectivity index (χ0v) is 8.80. The van der Waals surface area contributed by atoms with Gasteiger partial charge in [-0.1, -0.05) is 0 Å². The van der Waals surface area contributed by atoms with Gasteiger partial charge in [-0.3, -0.25) is 4.79 Å². The Morgan fingerprint density at radius 3 is 2.17 bits per heavy atom. The Morgan fingerprint density at radius 1 is 1.17 bits per heavy atom. The highest BCUT2D eigenvalue weighted by atomic mass is 19.1. The lowest BCUT2D eigenvalue weighted by Crippen LogP contribution is -2.34. The molecule has 98 valence electrons. The molecule has 0 aromatic heterocycles. The maximum atomic E-state index is 13.4. The third-order valence-corrected chi connectivity index (χ3v) is 2.23. The van der Waals surface area contributed by atoms with Crippen molar-refractivity contribution in [1.82, 2.24) is 0 Å². The van der Waals surface area contributed by atoms with E-state index in [-0.39, 0.29) is 0 Å². The van der Waals surface area contributed by atoms with Gasteiger partial charge in [0.1, 0.15) is 17.7 Å². The number of benzene rings is 1. The van der Waals surface area contributed by atoms with Crippen LogP contribution in [0.1, 0.15) is 22.0 Å². The van der Waals surface area contributed by atoms with E-state index in [0.29, 0.717) is 12.1 Å². The van der Waals surface area contributed by atoms with Gasteiger partial charge in [-0.2, -0.15) is 0 Å². The van der Waals surface area contributed by atoms with Crippen LogP contribution in [0.5, 0.6) is 0 Å². The first-order valence-corrected chi connectivity index (χ1v) is 4.63. The SMILES string of the molecule is NC(=O)C(O)C(O)c1cc(F)c(C(=O)O)cc1F. The van der Waals surface area contributed by atoms with Crippen molar-refractivity contribution in [2.75, 3.05) is 0 Å². The van der Waals surface area contributed by atoms with Gasteiger partial charge in [-0.15, -0.1) is 0 Å². The number of rotatable bonds is 4. The minimum absolute atomic E-state index is 0.337. The lowest BCUT2D eigenvalue weighted by molar-refractivity contribution is -0.132. The molecule has 0 fully saturated rings. The molecule has 0 saturated carbocycles. The van der Waals surface area contributed by atoms with Crippen LogP contribution in [0.15, 0.2) is 12.1 Å². The molecule has 0 aliphatic heterocycles. The molecular formula is C10H9F2NO5. The van der Waals surface area contributed by atoms with Crippen LogP contribution in [0.3, 0.4) is 0 Å². The number of primary amides is 1. The summed E-state index contributed by atoms with van der Waals surface area (Å²) in [5.74, 6) is -5.61. The van der Waals surface area contributed by atoms with E-state index >= 15 is 0 Å². The van der Waals surface area contributed by atoms with Crippen LogP contribution < -0.4 is 5.73 Å². The zero-order chi connectivity index (χ0) is 14.0. The van der Waals surface area contributed by atoms with E-state index < -0.39 is 46.8 Å². The topological polar surface area (TPSA) is 121 Å². The minimum Gasteiger partial charge on any atom is -0.478 e. The summed E-state index contributed by atoms with van der Waals surface area (Å²) in [7, 11) is 0. The second-order valence-electron chi connectivity index (χ2n) is 3.45. The highest BCUT2D eigenvalue weighted by molar-refractivity contribution is 5.88. The number of carbonyl (C=O) groups excluding carboxylic acids is 1. The maximum Gasteiger partial charge on any atom is 0.338 e. The van der Waals surface area contributed by atoms with Crippen LogP contribution in [-0.4, -0.2) is 33.3 Å². The number of nitrogens with two attached hydrogens (primary N) is 1. The molecule has 8 heteroatoms. The number of carboxylic acid groups (broad SMARTS) is 1. The summed E-state index contributed by atoms with van der Waals surface area (Å²) >= 11 is 0. The molecule has 2 unspecified atom stereocenters. The van der Waals surface area contributed by atoms with Crippen LogP contribution in [0.4, 0.5) is 8.78 Å². The lowest BCUT2D eigenvalue weighted by atomic mass is 10.0. The predicted octanol–water partition coefficient (Wildman–Crippen LogP) is -0.457. The number of aliphatic hydroxyl groups excluding tert-OH is 2. The number of amides is 1. The van der Waals surface area contributed by atoms with E-state index in [0.717, 1.165) is 0 Å². The average Bonchev–Trinajstić information content (AvgIpc) is 2.29. The van der Waals surface area contributed by atoms with Gasteiger partial charge in [0.15, 0.2) is 6.10 Å². The third kappa shape index (κ3) is 2.60. The third-order valence-electron chi connectivity index (χ3n) is 2.23.